The van der Waals surface area contributed by atoms with Crippen LogP contribution < -0.4 is 10.0 Å². The first kappa shape index (κ1) is 16.6. The second kappa shape index (κ2) is 7.37. The predicted octanol–water partition coefficient (Wildman–Crippen LogP) is 0.808. The average Bonchev–Trinajstić information content (AvgIpc) is 2.45. The first-order valence-electron chi connectivity index (χ1n) is 6.33. The Bertz CT molecular complexity index is 540. The number of rotatable bonds is 7. The summed E-state index contributed by atoms with van der Waals surface area (Å²) in [5.41, 5.74) is 0.983. The van der Waals surface area contributed by atoms with Crippen LogP contribution in [0.5, 0.6) is 0 Å². The number of hydrogen-bond donors (Lipinski definition) is 2. The molecule has 1 atom stereocenters. The fourth-order valence-corrected chi connectivity index (χ4v) is 2.52. The van der Waals surface area contributed by atoms with Crippen LogP contribution in [0.2, 0.25) is 0 Å². The van der Waals surface area contributed by atoms with Crippen molar-refractivity contribution in [2.45, 2.75) is 24.8 Å². The summed E-state index contributed by atoms with van der Waals surface area (Å²) < 4.78 is 30.8. The van der Waals surface area contributed by atoms with Gasteiger partial charge in [0.05, 0.1) is 11.5 Å². The summed E-state index contributed by atoms with van der Waals surface area (Å²) in [6.45, 7) is 3.48. The number of esters is 1. The summed E-state index contributed by atoms with van der Waals surface area (Å²) in [4.78, 5) is 11.3. The molecule has 0 spiro atoms. The molecule has 7 heteroatoms. The molecular formula is C13H20N2O4S. The van der Waals surface area contributed by atoms with Crippen molar-refractivity contribution in [2.75, 3.05) is 20.2 Å². The van der Waals surface area contributed by atoms with Gasteiger partial charge in [0.25, 0.3) is 0 Å². The smallest absolute Gasteiger partial charge is 0.321 e. The van der Waals surface area contributed by atoms with Crippen molar-refractivity contribution < 1.29 is 17.9 Å². The molecule has 0 saturated heterocycles. The Morgan fingerprint density at radius 3 is 2.40 bits per heavy atom. The second-order valence-corrected chi connectivity index (χ2v) is 5.98. The quantitative estimate of drug-likeness (QED) is 0.728. The number of sulfonamides is 1. The van der Waals surface area contributed by atoms with Gasteiger partial charge < -0.3 is 10.1 Å². The zero-order valence-corrected chi connectivity index (χ0v) is 12.7. The second-order valence-electron chi connectivity index (χ2n) is 4.21. The van der Waals surface area contributed by atoms with E-state index in [0.717, 1.165) is 5.56 Å². The van der Waals surface area contributed by atoms with Gasteiger partial charge in [-0.3, -0.25) is 4.79 Å². The van der Waals surface area contributed by atoms with Gasteiger partial charge in [-0.15, -0.1) is 0 Å². The molecule has 1 aromatic carbocycles. The van der Waals surface area contributed by atoms with Gasteiger partial charge >= 0.3 is 5.97 Å². The Hall–Kier alpha value is -1.44. The third-order valence-corrected chi connectivity index (χ3v) is 4.25. The molecule has 112 valence electrons. The number of carbonyl (C=O) groups is 1. The lowest BCUT2D eigenvalue weighted by molar-refractivity contribution is -0.141. The summed E-state index contributed by atoms with van der Waals surface area (Å²) in [5.74, 6) is -0.600. The van der Waals surface area contributed by atoms with Crippen LogP contribution in [0.4, 0.5) is 0 Å². The van der Waals surface area contributed by atoms with Crippen LogP contribution in [0.3, 0.4) is 0 Å². The highest BCUT2D eigenvalue weighted by Crippen LogP contribution is 2.15. The zero-order chi connectivity index (χ0) is 15.2. The number of nitrogens with one attached hydrogen (secondary N) is 2. The molecular weight excluding hydrogens is 280 g/mol. The molecule has 1 unspecified atom stereocenters. The highest BCUT2D eigenvalue weighted by molar-refractivity contribution is 7.89. The van der Waals surface area contributed by atoms with Gasteiger partial charge in [-0.1, -0.05) is 12.1 Å². The van der Waals surface area contributed by atoms with Gasteiger partial charge in [0.15, 0.2) is 0 Å². The molecule has 0 aromatic heterocycles. The van der Waals surface area contributed by atoms with Crippen LogP contribution in [0.15, 0.2) is 29.2 Å². The minimum absolute atomic E-state index is 0.119. The number of carbonyl (C=O) groups excluding carboxylic acids is 1. The van der Waals surface area contributed by atoms with Crippen molar-refractivity contribution >= 4 is 16.0 Å². The standard InChI is InChI=1S/C13H20N2O4S/c1-4-19-13(16)9-15-20(17,18)12-7-5-11(6-8-12)10(2)14-3/h5-8,10,14-15H,4,9H2,1-3H3. The minimum Gasteiger partial charge on any atom is -0.465 e. The van der Waals surface area contributed by atoms with Crippen LogP contribution in [0.25, 0.3) is 0 Å². The van der Waals surface area contributed by atoms with Gasteiger partial charge in [0, 0.05) is 6.04 Å². The molecule has 6 nitrogen and oxygen atoms in total. The topological polar surface area (TPSA) is 84.5 Å². The molecule has 20 heavy (non-hydrogen) atoms. The molecule has 0 fully saturated rings. The van der Waals surface area contributed by atoms with Gasteiger partial charge in [0.1, 0.15) is 6.54 Å². The molecule has 0 aliphatic heterocycles. The van der Waals surface area contributed by atoms with Gasteiger partial charge in [-0.2, -0.15) is 4.72 Å². The van der Waals surface area contributed by atoms with Crippen molar-refractivity contribution in [3.8, 4) is 0 Å². The SMILES string of the molecule is CCOC(=O)CNS(=O)(=O)c1ccc(C(C)NC)cc1. The Morgan fingerprint density at radius 2 is 1.90 bits per heavy atom. The molecule has 0 heterocycles. The molecule has 0 radical (unpaired) electrons. The maximum Gasteiger partial charge on any atom is 0.321 e. The summed E-state index contributed by atoms with van der Waals surface area (Å²) in [7, 11) is -1.86. The predicted molar refractivity (Wildman–Crippen MR) is 75.7 cm³/mol. The molecule has 0 saturated carbocycles. The van der Waals surface area contributed by atoms with Crippen molar-refractivity contribution in [3.63, 3.8) is 0 Å². The van der Waals surface area contributed by atoms with Crippen LogP contribution in [-0.4, -0.2) is 34.6 Å². The first-order valence-corrected chi connectivity index (χ1v) is 7.81. The Morgan fingerprint density at radius 1 is 1.30 bits per heavy atom. The van der Waals surface area contributed by atoms with E-state index in [-0.39, 0.29) is 24.1 Å². The van der Waals surface area contributed by atoms with Crippen LogP contribution in [0.1, 0.15) is 25.5 Å². The van der Waals surface area contributed by atoms with E-state index in [1.807, 2.05) is 14.0 Å². The zero-order valence-electron chi connectivity index (χ0n) is 11.8. The van der Waals surface area contributed by atoms with E-state index in [1.165, 1.54) is 12.1 Å². The molecule has 1 aromatic rings. The van der Waals surface area contributed by atoms with Crippen LogP contribution in [0, 0.1) is 0 Å². The molecule has 0 aliphatic carbocycles. The van der Waals surface area contributed by atoms with Crippen molar-refractivity contribution in [3.05, 3.63) is 29.8 Å². The summed E-state index contributed by atoms with van der Waals surface area (Å²) in [5, 5.41) is 3.07. The van der Waals surface area contributed by atoms with E-state index in [9.17, 15) is 13.2 Å². The summed E-state index contributed by atoms with van der Waals surface area (Å²) in [6.07, 6.45) is 0. The molecule has 1 rings (SSSR count). The Labute approximate surface area is 119 Å². The lowest BCUT2D eigenvalue weighted by atomic mass is 10.1. The number of benzene rings is 1. The highest BCUT2D eigenvalue weighted by Gasteiger charge is 2.16. The maximum atomic E-state index is 12.0. The monoisotopic (exact) mass is 300 g/mol. The van der Waals surface area contributed by atoms with Crippen LogP contribution >= 0.6 is 0 Å². The van der Waals surface area contributed by atoms with E-state index in [0.29, 0.717) is 0 Å². The summed E-state index contributed by atoms with van der Waals surface area (Å²) >= 11 is 0. The third-order valence-electron chi connectivity index (χ3n) is 2.84. The fraction of sp³-hybridized carbons (Fsp3) is 0.462. The minimum atomic E-state index is -3.69. The number of hydrogen-bond acceptors (Lipinski definition) is 5. The maximum absolute atomic E-state index is 12.0. The van der Waals surface area contributed by atoms with E-state index in [1.54, 1.807) is 19.1 Å². The van der Waals surface area contributed by atoms with Gasteiger partial charge in [-0.05, 0) is 38.6 Å². The van der Waals surface area contributed by atoms with Gasteiger partial charge in [-0.25, -0.2) is 8.42 Å². The molecule has 0 aliphatic rings. The molecule has 0 bridgehead atoms. The largest absolute Gasteiger partial charge is 0.465 e. The normalized spacial score (nSPS) is 12.9. The lowest BCUT2D eigenvalue weighted by Gasteiger charge is -2.11. The van der Waals surface area contributed by atoms with E-state index in [2.05, 4.69) is 14.8 Å². The molecule has 0 amide bonds. The summed E-state index contributed by atoms with van der Waals surface area (Å²) in [6, 6.07) is 6.63. The van der Waals surface area contributed by atoms with E-state index in [4.69, 9.17) is 0 Å². The third kappa shape index (κ3) is 4.59. The first-order chi connectivity index (χ1) is 9.40. The molecule has 2 N–H and O–H groups in total. The Balaban J connectivity index is 2.75. The fourth-order valence-electron chi connectivity index (χ4n) is 1.55. The average molecular weight is 300 g/mol. The van der Waals surface area contributed by atoms with Crippen molar-refractivity contribution in [1.82, 2.24) is 10.0 Å². The van der Waals surface area contributed by atoms with Crippen molar-refractivity contribution in [1.29, 1.82) is 0 Å². The van der Waals surface area contributed by atoms with E-state index >= 15 is 0 Å². The van der Waals surface area contributed by atoms with Crippen molar-refractivity contribution in [2.24, 2.45) is 0 Å². The van der Waals surface area contributed by atoms with E-state index < -0.39 is 16.0 Å². The number of ether oxygens (including phenoxy) is 1. The van der Waals surface area contributed by atoms with Gasteiger partial charge in [0.2, 0.25) is 10.0 Å². The lowest BCUT2D eigenvalue weighted by Crippen LogP contribution is -2.30. The highest BCUT2D eigenvalue weighted by atomic mass is 32.2. The Kier molecular flexibility index (Phi) is 6.12. The van der Waals surface area contributed by atoms with Crippen LogP contribution in [-0.2, 0) is 19.6 Å².